The lowest BCUT2D eigenvalue weighted by atomic mass is 9.95. The summed E-state index contributed by atoms with van der Waals surface area (Å²) >= 11 is 0. The SMILES string of the molecule is C=Cc1cc(C)c(-c2ccn3nc(NC=O)cc3c2)c2cn[nH]c12. The van der Waals surface area contributed by atoms with Crippen LogP contribution in [0.25, 0.3) is 33.6 Å². The Morgan fingerprint density at radius 1 is 1.33 bits per heavy atom. The van der Waals surface area contributed by atoms with Crippen LogP contribution in [0.5, 0.6) is 0 Å². The van der Waals surface area contributed by atoms with Gasteiger partial charge in [0.1, 0.15) is 0 Å². The molecule has 1 amide bonds. The number of nitrogens with zero attached hydrogens (tertiary/aromatic N) is 3. The standard InChI is InChI=1S/C18H15N5O/c1-3-12-6-11(2)17(15-9-20-21-18(12)15)13-4-5-23-14(7-13)8-16(22-23)19-10-24/h3-10H,1H2,2H3,(H,20,21)(H,19,22,24). The van der Waals surface area contributed by atoms with Gasteiger partial charge in [-0.2, -0.15) is 10.2 Å². The summed E-state index contributed by atoms with van der Waals surface area (Å²) in [5, 5.41) is 15.1. The minimum Gasteiger partial charge on any atom is -0.312 e. The van der Waals surface area contributed by atoms with Crippen molar-refractivity contribution in [1.29, 1.82) is 0 Å². The molecule has 0 fully saturated rings. The molecule has 4 aromatic rings. The number of aromatic nitrogens is 4. The van der Waals surface area contributed by atoms with Crippen LogP contribution in [0.3, 0.4) is 0 Å². The Hall–Kier alpha value is -3.41. The first-order valence-electron chi connectivity index (χ1n) is 7.50. The van der Waals surface area contributed by atoms with E-state index < -0.39 is 0 Å². The monoisotopic (exact) mass is 317 g/mol. The lowest BCUT2D eigenvalue weighted by molar-refractivity contribution is -0.105. The normalized spacial score (nSPS) is 11.0. The number of hydrogen-bond acceptors (Lipinski definition) is 3. The fraction of sp³-hybridized carbons (Fsp3) is 0.0556. The Labute approximate surface area is 137 Å². The number of pyridine rings is 1. The summed E-state index contributed by atoms with van der Waals surface area (Å²) in [6.07, 6.45) is 6.17. The van der Waals surface area contributed by atoms with E-state index in [1.165, 1.54) is 0 Å². The lowest BCUT2D eigenvalue weighted by Gasteiger charge is -2.10. The van der Waals surface area contributed by atoms with Gasteiger partial charge in [0, 0.05) is 17.6 Å². The summed E-state index contributed by atoms with van der Waals surface area (Å²) in [5.41, 5.74) is 6.25. The maximum Gasteiger partial charge on any atom is 0.212 e. The highest BCUT2D eigenvalue weighted by molar-refractivity contribution is 6.00. The van der Waals surface area contributed by atoms with Gasteiger partial charge in [0.2, 0.25) is 6.41 Å². The molecule has 24 heavy (non-hydrogen) atoms. The van der Waals surface area contributed by atoms with E-state index in [1.807, 2.05) is 36.7 Å². The van der Waals surface area contributed by atoms with Crippen LogP contribution < -0.4 is 5.32 Å². The molecule has 0 bridgehead atoms. The summed E-state index contributed by atoms with van der Waals surface area (Å²) in [4.78, 5) is 10.6. The Morgan fingerprint density at radius 2 is 2.21 bits per heavy atom. The molecule has 3 heterocycles. The third-order valence-corrected chi connectivity index (χ3v) is 4.14. The summed E-state index contributed by atoms with van der Waals surface area (Å²) in [7, 11) is 0. The maximum atomic E-state index is 10.6. The van der Waals surface area contributed by atoms with Crippen LogP contribution in [0, 0.1) is 6.92 Å². The van der Waals surface area contributed by atoms with E-state index in [2.05, 4.69) is 40.2 Å². The molecule has 118 valence electrons. The van der Waals surface area contributed by atoms with Crippen molar-refractivity contribution in [2.75, 3.05) is 5.32 Å². The number of hydrogen-bond donors (Lipinski definition) is 2. The second kappa shape index (κ2) is 5.34. The zero-order valence-corrected chi connectivity index (χ0v) is 13.1. The number of H-pyrrole nitrogens is 1. The van der Waals surface area contributed by atoms with Gasteiger partial charge in [0.05, 0.1) is 17.2 Å². The van der Waals surface area contributed by atoms with Crippen molar-refractivity contribution < 1.29 is 4.79 Å². The summed E-state index contributed by atoms with van der Waals surface area (Å²) in [5.74, 6) is 0.523. The molecule has 6 nitrogen and oxygen atoms in total. The van der Waals surface area contributed by atoms with Crippen molar-refractivity contribution in [2.45, 2.75) is 6.92 Å². The second-order valence-electron chi connectivity index (χ2n) is 5.60. The van der Waals surface area contributed by atoms with Crippen molar-refractivity contribution in [2.24, 2.45) is 0 Å². The first-order chi connectivity index (χ1) is 11.7. The van der Waals surface area contributed by atoms with Gasteiger partial charge in [-0.3, -0.25) is 9.89 Å². The largest absolute Gasteiger partial charge is 0.312 e. The molecule has 0 spiro atoms. The minimum absolute atomic E-state index is 0.523. The highest BCUT2D eigenvalue weighted by Gasteiger charge is 2.13. The minimum atomic E-state index is 0.523. The molecule has 3 aromatic heterocycles. The smallest absolute Gasteiger partial charge is 0.212 e. The van der Waals surface area contributed by atoms with Crippen molar-refractivity contribution in [1.82, 2.24) is 19.8 Å². The molecule has 4 rings (SSSR count). The molecular weight excluding hydrogens is 302 g/mol. The van der Waals surface area contributed by atoms with Gasteiger partial charge in [0.25, 0.3) is 0 Å². The van der Waals surface area contributed by atoms with Gasteiger partial charge in [-0.1, -0.05) is 12.7 Å². The van der Waals surface area contributed by atoms with E-state index in [1.54, 1.807) is 4.52 Å². The van der Waals surface area contributed by atoms with Crippen molar-refractivity contribution in [3.8, 4) is 11.1 Å². The third kappa shape index (κ3) is 2.08. The van der Waals surface area contributed by atoms with Gasteiger partial charge >= 0.3 is 0 Å². The number of aryl methyl sites for hydroxylation is 1. The zero-order chi connectivity index (χ0) is 16.7. The Balaban J connectivity index is 1.95. The molecule has 0 aliphatic heterocycles. The van der Waals surface area contributed by atoms with Crippen LogP contribution in [-0.2, 0) is 4.79 Å². The van der Waals surface area contributed by atoms with Gasteiger partial charge in [-0.25, -0.2) is 4.52 Å². The molecule has 0 saturated heterocycles. The topological polar surface area (TPSA) is 75.1 Å². The average Bonchev–Trinajstić information content (AvgIpc) is 3.20. The molecule has 1 aromatic carbocycles. The predicted molar refractivity (Wildman–Crippen MR) is 94.8 cm³/mol. The van der Waals surface area contributed by atoms with Crippen LogP contribution in [0.4, 0.5) is 5.82 Å². The van der Waals surface area contributed by atoms with Crippen molar-refractivity contribution in [3.63, 3.8) is 0 Å². The molecule has 0 radical (unpaired) electrons. The molecule has 6 heteroatoms. The number of anilines is 1. The molecule has 0 saturated carbocycles. The second-order valence-corrected chi connectivity index (χ2v) is 5.60. The number of benzene rings is 1. The quantitative estimate of drug-likeness (QED) is 0.566. The fourth-order valence-corrected chi connectivity index (χ4v) is 3.11. The van der Waals surface area contributed by atoms with Crippen LogP contribution >= 0.6 is 0 Å². The molecule has 0 atom stereocenters. The molecule has 0 aliphatic rings. The summed E-state index contributed by atoms with van der Waals surface area (Å²) < 4.78 is 1.73. The number of aromatic amines is 1. The number of carbonyl (C=O) groups excluding carboxylic acids is 1. The highest BCUT2D eigenvalue weighted by Crippen LogP contribution is 2.34. The van der Waals surface area contributed by atoms with Crippen LogP contribution in [0.15, 0.2) is 43.2 Å². The number of nitrogens with one attached hydrogen (secondary N) is 2. The van der Waals surface area contributed by atoms with Gasteiger partial charge < -0.3 is 5.32 Å². The zero-order valence-electron chi connectivity index (χ0n) is 13.1. The third-order valence-electron chi connectivity index (χ3n) is 4.14. The van der Waals surface area contributed by atoms with E-state index >= 15 is 0 Å². The van der Waals surface area contributed by atoms with E-state index in [0.29, 0.717) is 12.2 Å². The average molecular weight is 317 g/mol. The first-order valence-corrected chi connectivity index (χ1v) is 7.50. The van der Waals surface area contributed by atoms with E-state index in [-0.39, 0.29) is 0 Å². The lowest BCUT2D eigenvalue weighted by Crippen LogP contribution is -1.94. The fourth-order valence-electron chi connectivity index (χ4n) is 3.11. The first kappa shape index (κ1) is 14.2. The van der Waals surface area contributed by atoms with Crippen molar-refractivity contribution in [3.05, 3.63) is 54.4 Å². The Kier molecular flexibility index (Phi) is 3.16. The van der Waals surface area contributed by atoms with E-state index in [9.17, 15) is 4.79 Å². The molecule has 0 unspecified atom stereocenters. The Bertz CT molecular complexity index is 1090. The van der Waals surface area contributed by atoms with Crippen molar-refractivity contribution >= 4 is 34.7 Å². The summed E-state index contributed by atoms with van der Waals surface area (Å²) in [6.45, 7) is 5.95. The van der Waals surface area contributed by atoms with Gasteiger partial charge in [0.15, 0.2) is 5.82 Å². The predicted octanol–water partition coefficient (Wildman–Crippen LogP) is 3.40. The van der Waals surface area contributed by atoms with E-state index in [0.717, 1.165) is 38.7 Å². The molecule has 0 aliphatic carbocycles. The van der Waals surface area contributed by atoms with Gasteiger partial charge in [-0.15, -0.1) is 0 Å². The summed E-state index contributed by atoms with van der Waals surface area (Å²) in [6, 6.07) is 7.99. The number of fused-ring (bicyclic) bond motifs is 2. The van der Waals surface area contributed by atoms with Crippen LogP contribution in [0.1, 0.15) is 11.1 Å². The maximum absolute atomic E-state index is 10.6. The Morgan fingerprint density at radius 3 is 3.00 bits per heavy atom. The van der Waals surface area contributed by atoms with Crippen LogP contribution in [0.2, 0.25) is 0 Å². The van der Waals surface area contributed by atoms with Gasteiger partial charge in [-0.05, 0) is 47.4 Å². The number of carbonyl (C=O) groups is 1. The molecular formula is C18H15N5O. The van der Waals surface area contributed by atoms with Crippen LogP contribution in [-0.4, -0.2) is 26.2 Å². The van der Waals surface area contributed by atoms with E-state index in [4.69, 9.17) is 0 Å². The number of amides is 1. The number of rotatable bonds is 4. The molecule has 2 N–H and O–H groups in total. The highest BCUT2D eigenvalue weighted by atomic mass is 16.1.